The summed E-state index contributed by atoms with van der Waals surface area (Å²) >= 11 is 5.90. The van der Waals surface area contributed by atoms with E-state index >= 15 is 0 Å². The predicted molar refractivity (Wildman–Crippen MR) is 71.3 cm³/mol. The van der Waals surface area contributed by atoms with Crippen molar-refractivity contribution >= 4 is 17.4 Å². The summed E-state index contributed by atoms with van der Waals surface area (Å²) in [5.41, 5.74) is 0.666. The lowest BCUT2D eigenvalue weighted by Gasteiger charge is -2.36. The summed E-state index contributed by atoms with van der Waals surface area (Å²) in [6, 6.07) is 5.71. The molecule has 1 rings (SSSR count). The van der Waals surface area contributed by atoms with E-state index in [9.17, 15) is 0 Å². The summed E-state index contributed by atoms with van der Waals surface area (Å²) < 4.78 is 0. The number of hydrogen-bond donors (Lipinski definition) is 0. The fraction of sp³-hybridized carbons (Fsp3) is 0.538. The summed E-state index contributed by atoms with van der Waals surface area (Å²) in [4.78, 5) is 6.30. The van der Waals surface area contributed by atoms with Crippen LogP contribution in [0.4, 0.5) is 5.82 Å². The molecule has 0 aromatic carbocycles. The van der Waals surface area contributed by atoms with Crippen LogP contribution < -0.4 is 4.90 Å². The summed E-state index contributed by atoms with van der Waals surface area (Å²) in [5, 5.41) is 9.27. The van der Waals surface area contributed by atoms with E-state index in [0.29, 0.717) is 16.8 Å². The first-order valence-electron chi connectivity index (χ1n) is 5.56. The molecule has 4 heteroatoms. The van der Waals surface area contributed by atoms with Gasteiger partial charge in [0.05, 0.1) is 11.6 Å². The standard InChI is InChI=1S/C13H18ClN3/c1-9(13(2,3)4)17(5)12-7-10(8-15)6-11(14)16-12/h6-7,9H,1-5H3. The van der Waals surface area contributed by atoms with Crippen LogP contribution in [0, 0.1) is 16.7 Å². The number of pyridine rings is 1. The normalized spacial score (nSPS) is 13.0. The van der Waals surface area contributed by atoms with Crippen LogP contribution in [-0.4, -0.2) is 18.1 Å². The molecule has 1 atom stereocenters. The number of anilines is 1. The maximum Gasteiger partial charge on any atom is 0.132 e. The molecule has 0 amide bonds. The Morgan fingerprint density at radius 1 is 1.41 bits per heavy atom. The van der Waals surface area contributed by atoms with Gasteiger partial charge >= 0.3 is 0 Å². The van der Waals surface area contributed by atoms with Gasteiger partial charge in [0.15, 0.2) is 0 Å². The highest BCUT2D eigenvalue weighted by molar-refractivity contribution is 6.29. The third-order valence-electron chi connectivity index (χ3n) is 3.11. The fourth-order valence-electron chi connectivity index (χ4n) is 1.51. The summed E-state index contributed by atoms with van der Waals surface area (Å²) in [7, 11) is 1.97. The number of nitrogens with zero attached hydrogens (tertiary/aromatic N) is 3. The first-order chi connectivity index (χ1) is 7.75. The van der Waals surface area contributed by atoms with Gasteiger partial charge in [-0.25, -0.2) is 4.98 Å². The second kappa shape index (κ2) is 4.93. The maximum absolute atomic E-state index is 8.91. The molecule has 0 saturated carbocycles. The molecule has 0 fully saturated rings. The molecule has 1 heterocycles. The van der Waals surface area contributed by atoms with Crippen LogP contribution >= 0.6 is 11.6 Å². The van der Waals surface area contributed by atoms with Crippen molar-refractivity contribution in [2.75, 3.05) is 11.9 Å². The number of nitriles is 1. The minimum absolute atomic E-state index is 0.131. The van der Waals surface area contributed by atoms with Crippen LogP contribution in [0.2, 0.25) is 5.15 Å². The van der Waals surface area contributed by atoms with E-state index in [4.69, 9.17) is 16.9 Å². The Bertz CT molecular complexity index is 443. The average Bonchev–Trinajstić information content (AvgIpc) is 2.24. The number of hydrogen-bond acceptors (Lipinski definition) is 3. The molecule has 3 nitrogen and oxygen atoms in total. The molecule has 0 saturated heterocycles. The zero-order chi connectivity index (χ0) is 13.2. The van der Waals surface area contributed by atoms with Gasteiger partial charge in [-0.05, 0) is 24.5 Å². The minimum atomic E-state index is 0.131. The lowest BCUT2D eigenvalue weighted by Crippen LogP contribution is -2.39. The molecule has 1 aromatic rings. The Hall–Kier alpha value is -1.27. The molecule has 0 aliphatic carbocycles. The van der Waals surface area contributed by atoms with Gasteiger partial charge in [-0.1, -0.05) is 32.4 Å². The van der Waals surface area contributed by atoms with Crippen molar-refractivity contribution in [2.45, 2.75) is 33.7 Å². The Kier molecular flexibility index (Phi) is 4.00. The van der Waals surface area contributed by atoms with Gasteiger partial charge in [-0.2, -0.15) is 5.26 Å². The smallest absolute Gasteiger partial charge is 0.132 e. The van der Waals surface area contributed by atoms with Gasteiger partial charge in [-0.3, -0.25) is 0 Å². The molecule has 0 radical (unpaired) electrons. The highest BCUT2D eigenvalue weighted by Crippen LogP contribution is 2.27. The molecule has 0 bridgehead atoms. The molecule has 17 heavy (non-hydrogen) atoms. The maximum atomic E-state index is 8.91. The third kappa shape index (κ3) is 3.34. The van der Waals surface area contributed by atoms with Crippen molar-refractivity contribution in [3.05, 3.63) is 22.8 Å². The van der Waals surface area contributed by atoms with E-state index in [2.05, 4.69) is 38.7 Å². The van der Waals surface area contributed by atoms with Crippen molar-refractivity contribution in [2.24, 2.45) is 5.41 Å². The molecule has 0 aliphatic rings. The summed E-state index contributed by atoms with van der Waals surface area (Å²) in [6.45, 7) is 8.65. The van der Waals surface area contributed by atoms with Crippen molar-refractivity contribution in [1.29, 1.82) is 5.26 Å². The number of aromatic nitrogens is 1. The number of rotatable bonds is 2. The SMILES string of the molecule is CC(N(C)c1cc(C#N)cc(Cl)n1)C(C)(C)C. The van der Waals surface area contributed by atoms with Gasteiger partial charge in [0.1, 0.15) is 11.0 Å². The van der Waals surface area contributed by atoms with E-state index < -0.39 is 0 Å². The van der Waals surface area contributed by atoms with Crippen LogP contribution in [0.3, 0.4) is 0 Å². The second-order valence-electron chi connectivity index (χ2n) is 5.30. The Labute approximate surface area is 108 Å². The van der Waals surface area contributed by atoms with Crippen LogP contribution in [-0.2, 0) is 0 Å². The van der Waals surface area contributed by atoms with Crippen molar-refractivity contribution in [3.8, 4) is 6.07 Å². The summed E-state index contributed by atoms with van der Waals surface area (Å²) in [6.07, 6.45) is 0. The van der Waals surface area contributed by atoms with E-state index in [-0.39, 0.29) is 5.41 Å². The van der Waals surface area contributed by atoms with Crippen molar-refractivity contribution < 1.29 is 0 Å². The zero-order valence-corrected chi connectivity index (χ0v) is 11.7. The quantitative estimate of drug-likeness (QED) is 0.756. The van der Waals surface area contributed by atoms with E-state index in [1.54, 1.807) is 12.1 Å². The summed E-state index contributed by atoms with van der Waals surface area (Å²) in [5.74, 6) is 0.733. The largest absolute Gasteiger partial charge is 0.356 e. The van der Waals surface area contributed by atoms with Gasteiger partial charge in [0.2, 0.25) is 0 Å². The minimum Gasteiger partial charge on any atom is -0.356 e. The fourth-order valence-corrected chi connectivity index (χ4v) is 1.71. The average molecular weight is 252 g/mol. The van der Waals surface area contributed by atoms with Crippen molar-refractivity contribution in [3.63, 3.8) is 0 Å². The van der Waals surface area contributed by atoms with Crippen LogP contribution in [0.5, 0.6) is 0 Å². The van der Waals surface area contributed by atoms with E-state index in [1.807, 2.05) is 11.9 Å². The van der Waals surface area contributed by atoms with Gasteiger partial charge in [0, 0.05) is 13.1 Å². The molecular weight excluding hydrogens is 234 g/mol. The molecule has 92 valence electrons. The molecule has 1 unspecified atom stereocenters. The molecule has 1 aromatic heterocycles. The van der Waals surface area contributed by atoms with Crippen LogP contribution in [0.1, 0.15) is 33.3 Å². The van der Waals surface area contributed by atoms with Crippen LogP contribution in [0.15, 0.2) is 12.1 Å². The molecule has 0 N–H and O–H groups in total. The van der Waals surface area contributed by atoms with Gasteiger partial charge < -0.3 is 4.90 Å². The number of halogens is 1. The van der Waals surface area contributed by atoms with Gasteiger partial charge in [0.25, 0.3) is 0 Å². The lowest BCUT2D eigenvalue weighted by molar-refractivity contribution is 0.328. The molecule has 0 spiro atoms. The zero-order valence-electron chi connectivity index (χ0n) is 11.0. The Morgan fingerprint density at radius 3 is 2.47 bits per heavy atom. The first kappa shape index (κ1) is 13.8. The third-order valence-corrected chi connectivity index (χ3v) is 3.30. The molecular formula is C13H18ClN3. The Morgan fingerprint density at radius 2 is 2.00 bits per heavy atom. The first-order valence-corrected chi connectivity index (χ1v) is 5.94. The molecule has 0 aliphatic heterocycles. The predicted octanol–water partition coefficient (Wildman–Crippen LogP) is 3.48. The van der Waals surface area contributed by atoms with Crippen molar-refractivity contribution in [1.82, 2.24) is 4.98 Å². The van der Waals surface area contributed by atoms with Crippen LogP contribution in [0.25, 0.3) is 0 Å². The highest BCUT2D eigenvalue weighted by Gasteiger charge is 2.25. The van der Waals surface area contributed by atoms with E-state index in [1.165, 1.54) is 0 Å². The topological polar surface area (TPSA) is 39.9 Å². The van der Waals surface area contributed by atoms with E-state index in [0.717, 1.165) is 5.82 Å². The second-order valence-corrected chi connectivity index (χ2v) is 5.69. The van der Waals surface area contributed by atoms with Gasteiger partial charge in [-0.15, -0.1) is 0 Å². The Balaban J connectivity index is 3.09. The lowest BCUT2D eigenvalue weighted by atomic mass is 9.87. The monoisotopic (exact) mass is 251 g/mol. The highest BCUT2D eigenvalue weighted by atomic mass is 35.5.